The molecule has 0 aliphatic rings. The number of nitrogens with two attached hydrogens (primary N) is 1. The van der Waals surface area contributed by atoms with E-state index in [4.69, 9.17) is 42.5 Å². The molecule has 83 valence electrons. The van der Waals surface area contributed by atoms with Crippen molar-refractivity contribution in [1.29, 1.82) is 0 Å². The summed E-state index contributed by atoms with van der Waals surface area (Å²) in [6.45, 7) is 3.94. The van der Waals surface area contributed by atoms with E-state index >= 15 is 0 Å². The van der Waals surface area contributed by atoms with Crippen molar-refractivity contribution in [1.82, 2.24) is 0 Å². The minimum atomic E-state index is -1.33. The van der Waals surface area contributed by atoms with Crippen LogP contribution >= 0.6 is 42.7 Å². The van der Waals surface area contributed by atoms with Crippen LogP contribution in [0.2, 0.25) is 0 Å². The molecular weight excluding hydrogens is 296 g/mol. The quantitative estimate of drug-likeness (QED) is 0.612. The van der Waals surface area contributed by atoms with Gasteiger partial charge in [-0.2, -0.15) is 0 Å². The Balaban J connectivity index is -0.000000173. The van der Waals surface area contributed by atoms with Crippen LogP contribution in [0.3, 0.4) is 0 Å². The van der Waals surface area contributed by atoms with E-state index in [-0.39, 0.29) is 17.9 Å². The fraction of sp³-hybridized carbons (Fsp3) is 0.714. The van der Waals surface area contributed by atoms with Crippen LogP contribution in [0.4, 0.5) is 0 Å². The predicted octanol–water partition coefficient (Wildman–Crippen LogP) is 3.62. The summed E-state index contributed by atoms with van der Waals surface area (Å²) in [4.78, 5) is 0. The Hall–Kier alpha value is 1.20. The van der Waals surface area contributed by atoms with Crippen LogP contribution in [0.25, 0.3) is 0 Å². The van der Waals surface area contributed by atoms with Crippen molar-refractivity contribution in [3.05, 3.63) is 0 Å². The second-order valence-electron chi connectivity index (χ2n) is 2.46. The molecule has 13 heavy (non-hydrogen) atoms. The Morgan fingerprint density at radius 1 is 1.46 bits per heavy atom. The number of terminal acetylenes is 1. The Morgan fingerprint density at radius 3 is 1.85 bits per heavy atom. The molecule has 1 nitrogen and oxygen atoms in total. The molecule has 0 fully saturated rings. The van der Waals surface area contributed by atoms with Gasteiger partial charge in [0, 0.05) is 0 Å². The maximum absolute atomic E-state index is 5.59. The Kier molecular flexibility index (Phi) is 17.1. The molecule has 6 heteroatoms. The average Bonchev–Trinajstić information content (AvgIpc) is 1.86. The standard InChI is InChI=1S/C7H13N.4ClH.Fe/c1-4-6-7(3,8)5-2;;;;;/h2H,4,6,8H2,1,3H3;4*1H;/q;;;;;+3/p-3. The first kappa shape index (κ1) is 19.7. The van der Waals surface area contributed by atoms with E-state index in [1.807, 2.05) is 6.92 Å². The van der Waals surface area contributed by atoms with E-state index in [9.17, 15) is 0 Å². The van der Waals surface area contributed by atoms with Gasteiger partial charge in [-0.3, -0.25) is 0 Å². The molecule has 0 aliphatic heterocycles. The van der Waals surface area contributed by atoms with Gasteiger partial charge in [0.1, 0.15) is 0 Å². The summed E-state index contributed by atoms with van der Waals surface area (Å²) in [5.74, 6) is 2.52. The van der Waals surface area contributed by atoms with Crippen LogP contribution in [0, 0.1) is 12.3 Å². The fourth-order valence-corrected chi connectivity index (χ4v) is 0.592. The van der Waals surface area contributed by atoms with Crippen LogP contribution < -0.4 is 5.73 Å². The third kappa shape index (κ3) is 24.6. The van der Waals surface area contributed by atoms with E-state index < -0.39 is 11.2 Å². The Labute approximate surface area is 104 Å². The first-order valence-electron chi connectivity index (χ1n) is 3.29. The van der Waals surface area contributed by atoms with Gasteiger partial charge in [-0.1, -0.05) is 19.3 Å². The van der Waals surface area contributed by atoms with E-state index in [2.05, 4.69) is 12.8 Å². The molecular formula is C7H14Cl4FeN. The van der Waals surface area contributed by atoms with Crippen molar-refractivity contribution < 1.29 is 11.2 Å². The van der Waals surface area contributed by atoms with E-state index in [1.54, 1.807) is 0 Å². The van der Waals surface area contributed by atoms with Gasteiger partial charge in [-0.15, -0.1) is 18.8 Å². The van der Waals surface area contributed by atoms with E-state index in [1.165, 1.54) is 0 Å². The van der Waals surface area contributed by atoms with E-state index in [0.717, 1.165) is 12.8 Å². The summed E-state index contributed by atoms with van der Waals surface area (Å²) in [5, 5.41) is 0. The molecule has 0 spiro atoms. The predicted molar refractivity (Wildman–Crippen MR) is 61.1 cm³/mol. The zero-order valence-electron chi connectivity index (χ0n) is 7.46. The van der Waals surface area contributed by atoms with Crippen LogP contribution in [0.5, 0.6) is 0 Å². The van der Waals surface area contributed by atoms with E-state index in [0.29, 0.717) is 0 Å². The summed E-state index contributed by atoms with van der Waals surface area (Å²) in [6, 6.07) is 0. The summed E-state index contributed by atoms with van der Waals surface area (Å²) < 4.78 is 0. The molecule has 0 aromatic heterocycles. The molecule has 0 saturated carbocycles. The van der Waals surface area contributed by atoms with Gasteiger partial charge >= 0.3 is 41.5 Å². The molecule has 0 bridgehead atoms. The molecule has 0 radical (unpaired) electrons. The normalized spacial score (nSPS) is 13.8. The fourth-order valence-electron chi connectivity index (χ4n) is 0.592. The molecule has 0 aromatic rings. The zero-order chi connectivity index (χ0) is 10.2. The van der Waals surface area contributed by atoms with Crippen LogP contribution in [0.15, 0.2) is 0 Å². The van der Waals surface area contributed by atoms with Crippen LogP contribution in [-0.2, 0) is 11.2 Å². The number of hydrogen-bond acceptors (Lipinski definition) is 1. The first-order valence-corrected chi connectivity index (χ1v) is 7.85. The van der Waals surface area contributed by atoms with Gasteiger partial charge in [0.2, 0.25) is 0 Å². The SMILES string of the molecule is C#CC(C)(N)CCC.Cl.[Cl][Fe]([Cl])[Cl]. The van der Waals surface area contributed by atoms with Gasteiger partial charge in [-0.05, 0) is 13.3 Å². The summed E-state index contributed by atoms with van der Waals surface area (Å²) in [7, 11) is 14.7. The van der Waals surface area contributed by atoms with Crippen molar-refractivity contribution in [3.63, 3.8) is 0 Å². The van der Waals surface area contributed by atoms with Gasteiger partial charge in [-0.25, -0.2) is 0 Å². The third-order valence-electron chi connectivity index (χ3n) is 1.10. The van der Waals surface area contributed by atoms with Crippen molar-refractivity contribution >= 4 is 42.7 Å². The Morgan fingerprint density at radius 2 is 1.77 bits per heavy atom. The van der Waals surface area contributed by atoms with Gasteiger partial charge in [0.25, 0.3) is 0 Å². The minimum absolute atomic E-state index is 0. The number of hydrogen-bond donors (Lipinski definition) is 1. The number of halogens is 4. The molecule has 0 amide bonds. The second-order valence-corrected chi connectivity index (χ2v) is 7.93. The molecule has 2 N–H and O–H groups in total. The van der Waals surface area contributed by atoms with Crippen LogP contribution in [-0.4, -0.2) is 5.54 Å². The molecule has 1 atom stereocenters. The van der Waals surface area contributed by atoms with Crippen molar-refractivity contribution in [2.75, 3.05) is 0 Å². The summed E-state index contributed by atoms with van der Waals surface area (Å²) >= 11 is -1.33. The topological polar surface area (TPSA) is 26.0 Å². The zero-order valence-corrected chi connectivity index (χ0v) is 11.7. The van der Waals surface area contributed by atoms with Crippen molar-refractivity contribution in [2.24, 2.45) is 5.73 Å². The molecule has 0 aliphatic carbocycles. The summed E-state index contributed by atoms with van der Waals surface area (Å²) in [6.07, 6.45) is 7.08. The second kappa shape index (κ2) is 11.3. The van der Waals surface area contributed by atoms with Crippen molar-refractivity contribution in [2.45, 2.75) is 32.2 Å². The Bertz CT molecular complexity index is 141. The van der Waals surface area contributed by atoms with Crippen molar-refractivity contribution in [3.8, 4) is 12.3 Å². The van der Waals surface area contributed by atoms with Gasteiger partial charge in [0.15, 0.2) is 0 Å². The molecule has 0 rings (SSSR count). The van der Waals surface area contributed by atoms with Gasteiger partial charge < -0.3 is 5.73 Å². The molecule has 0 heterocycles. The first-order chi connectivity index (χ1) is 5.35. The monoisotopic (exact) mass is 308 g/mol. The van der Waals surface area contributed by atoms with Crippen LogP contribution in [0.1, 0.15) is 26.7 Å². The maximum atomic E-state index is 5.59. The molecule has 0 aromatic carbocycles. The summed E-state index contributed by atoms with van der Waals surface area (Å²) in [5.41, 5.74) is 5.21. The number of rotatable bonds is 2. The molecule has 0 saturated heterocycles. The van der Waals surface area contributed by atoms with Gasteiger partial charge in [0.05, 0.1) is 5.54 Å². The third-order valence-corrected chi connectivity index (χ3v) is 1.10. The molecule has 1 unspecified atom stereocenters. The average molecular weight is 310 g/mol.